The number of hydrogen-bond acceptors (Lipinski definition) is 6. The maximum Gasteiger partial charge on any atom is 0.295 e. The van der Waals surface area contributed by atoms with Crippen molar-refractivity contribution in [1.29, 1.82) is 0 Å². The van der Waals surface area contributed by atoms with E-state index >= 15 is 0 Å². The van der Waals surface area contributed by atoms with Crippen LogP contribution in [0.1, 0.15) is 13.8 Å². The largest absolute Gasteiger partial charge is 0.295 e. The molecule has 0 aromatic rings. The Hall–Kier alpha value is -2.60. The van der Waals surface area contributed by atoms with Gasteiger partial charge in [0.05, 0.1) is 9.83 Å². The number of rotatable bonds is 9. The lowest BCUT2D eigenvalue weighted by Gasteiger charge is -2.02. The summed E-state index contributed by atoms with van der Waals surface area (Å²) in [6.07, 6.45) is 10.3. The van der Waals surface area contributed by atoms with Gasteiger partial charge in [-0.2, -0.15) is 16.8 Å². The molecule has 0 aliphatic carbocycles. The highest BCUT2D eigenvalue weighted by Gasteiger charge is 2.18. The number of nitrogens with zero attached hydrogens (tertiary/aromatic N) is 1. The second kappa shape index (κ2) is 10.5. The Balaban J connectivity index is 6.35. The topological polar surface area (TPSA) is 152 Å². The Morgan fingerprint density at radius 3 is 2.04 bits per heavy atom. The first kappa shape index (κ1) is 24.4. The van der Waals surface area contributed by atoms with Crippen molar-refractivity contribution in [3.63, 3.8) is 0 Å². The summed E-state index contributed by atoms with van der Waals surface area (Å²) in [5, 5.41) is 10.7. The summed E-state index contributed by atoms with van der Waals surface area (Å²) in [5.41, 5.74) is -0.791. The predicted octanol–water partition coefficient (Wildman–Crippen LogP) is 2.96. The van der Waals surface area contributed by atoms with E-state index in [1.165, 1.54) is 12.2 Å². The minimum absolute atomic E-state index is 0.234. The molecule has 0 saturated carbocycles. The molecule has 0 radical (unpaired) electrons. The Bertz CT molecular complexity index is 975. The van der Waals surface area contributed by atoms with Crippen LogP contribution in [0.25, 0.3) is 0 Å². The fourth-order valence-electron chi connectivity index (χ4n) is 1.54. The lowest BCUT2D eigenvalue weighted by atomic mass is 10.2. The normalized spacial score (nSPS) is 15.6. The van der Waals surface area contributed by atoms with E-state index < -0.39 is 40.7 Å². The van der Waals surface area contributed by atoms with E-state index in [4.69, 9.17) is 4.55 Å². The molecule has 2 N–H and O–H groups in total. The van der Waals surface area contributed by atoms with Gasteiger partial charge in [-0.05, 0) is 24.6 Å². The second-order valence-electron chi connectivity index (χ2n) is 4.83. The summed E-state index contributed by atoms with van der Waals surface area (Å²) in [5.74, 6) is 0. The van der Waals surface area contributed by atoms with Crippen molar-refractivity contribution < 1.29 is 30.9 Å². The molecule has 0 spiro atoms. The average molecular weight is 417 g/mol. The van der Waals surface area contributed by atoms with Crippen LogP contribution in [-0.4, -0.2) is 30.9 Å². The van der Waals surface area contributed by atoms with E-state index in [9.17, 15) is 31.5 Å². The van der Waals surface area contributed by atoms with E-state index in [2.05, 4.69) is 6.58 Å². The molecule has 0 aromatic heterocycles. The summed E-state index contributed by atoms with van der Waals surface area (Å²) >= 11 is 0. The molecule has 11 heteroatoms. The molecule has 0 aromatic carbocycles. The van der Waals surface area contributed by atoms with E-state index in [-0.39, 0.29) is 5.57 Å². The third-order valence-electron chi connectivity index (χ3n) is 2.81. The molecule has 0 heterocycles. The Kier molecular flexibility index (Phi) is 9.51. The van der Waals surface area contributed by atoms with Crippen LogP contribution in [0.2, 0.25) is 0 Å². The lowest BCUT2D eigenvalue weighted by Crippen LogP contribution is -2.05. The molecule has 0 rings (SSSR count). The first-order valence-corrected chi connectivity index (χ1v) is 10.0. The first-order chi connectivity index (χ1) is 12.3. The maximum atomic E-state index is 11.5. The van der Waals surface area contributed by atoms with Crippen LogP contribution in [-0.2, 0) is 20.2 Å². The Morgan fingerprint density at radius 2 is 1.63 bits per heavy atom. The fraction of sp³-hybridized carbons (Fsp3) is 0.125. The molecular weight excluding hydrogens is 398 g/mol. The van der Waals surface area contributed by atoms with E-state index in [1.807, 2.05) is 0 Å². The predicted molar refractivity (Wildman–Crippen MR) is 102 cm³/mol. The van der Waals surface area contributed by atoms with Crippen LogP contribution in [0.15, 0.2) is 82.3 Å². The van der Waals surface area contributed by atoms with Crippen molar-refractivity contribution >= 4 is 20.2 Å². The molecule has 148 valence electrons. The van der Waals surface area contributed by atoms with Gasteiger partial charge in [0.2, 0.25) is 5.70 Å². The highest BCUT2D eigenvalue weighted by Crippen LogP contribution is 2.18. The van der Waals surface area contributed by atoms with Crippen LogP contribution in [0, 0.1) is 10.1 Å². The SMILES string of the molecule is C=CC(/C=C/C=C(/C=C\C=C/C)S(=O)(=O)O)=C(\C=C(/C)[N+](=O)[O-])S(=O)(=O)O. The van der Waals surface area contributed by atoms with Gasteiger partial charge in [-0.3, -0.25) is 19.2 Å². The van der Waals surface area contributed by atoms with Crippen molar-refractivity contribution in [2.45, 2.75) is 13.8 Å². The van der Waals surface area contributed by atoms with Crippen molar-refractivity contribution in [1.82, 2.24) is 0 Å². The monoisotopic (exact) mass is 417 g/mol. The molecule has 0 bridgehead atoms. The van der Waals surface area contributed by atoms with Crippen LogP contribution >= 0.6 is 0 Å². The third kappa shape index (κ3) is 9.06. The van der Waals surface area contributed by atoms with E-state index in [0.717, 1.165) is 37.3 Å². The van der Waals surface area contributed by atoms with Crippen molar-refractivity contribution in [2.75, 3.05) is 0 Å². The van der Waals surface area contributed by atoms with Crippen LogP contribution in [0.5, 0.6) is 0 Å². The maximum absolute atomic E-state index is 11.5. The second-order valence-corrected chi connectivity index (χ2v) is 7.64. The number of nitro groups is 1. The van der Waals surface area contributed by atoms with Crippen molar-refractivity contribution in [3.05, 3.63) is 92.5 Å². The Labute approximate surface area is 157 Å². The molecule has 0 atom stereocenters. The molecule has 0 unspecified atom stereocenters. The molecule has 27 heavy (non-hydrogen) atoms. The van der Waals surface area contributed by atoms with Gasteiger partial charge in [-0.25, -0.2) is 0 Å². The third-order valence-corrected chi connectivity index (χ3v) is 4.59. The molecule has 0 aliphatic rings. The molecule has 0 aliphatic heterocycles. The quantitative estimate of drug-likeness (QED) is 0.251. The Morgan fingerprint density at radius 1 is 1.04 bits per heavy atom. The zero-order valence-electron chi connectivity index (χ0n) is 14.5. The average Bonchev–Trinajstić information content (AvgIpc) is 2.53. The number of allylic oxidation sites excluding steroid dienone is 11. The minimum Gasteiger partial charge on any atom is -0.282 e. The summed E-state index contributed by atoms with van der Waals surface area (Å²) in [6.45, 7) is 6.08. The summed E-state index contributed by atoms with van der Waals surface area (Å²) in [4.78, 5) is 8.55. The van der Waals surface area contributed by atoms with Gasteiger partial charge in [0.1, 0.15) is 4.91 Å². The molecule has 0 fully saturated rings. The smallest absolute Gasteiger partial charge is 0.282 e. The number of hydrogen-bond donors (Lipinski definition) is 2. The van der Waals surface area contributed by atoms with Crippen LogP contribution < -0.4 is 0 Å². The lowest BCUT2D eigenvalue weighted by molar-refractivity contribution is -0.424. The zero-order chi connectivity index (χ0) is 21.3. The van der Waals surface area contributed by atoms with Gasteiger partial charge in [-0.15, -0.1) is 0 Å². The standard InChI is InChI=1S/C16H19NO8S2/c1-4-6-7-10-15(26(20,21)22)11-8-9-14(5-2)16(27(23,24)25)12-13(3)17(18)19/h4-12H,2H2,1,3H3,(H,20,21,22)(H,23,24,25)/b6-4-,9-8+,10-7-,13-12+,15-11-,16-14-. The fourth-order valence-corrected chi connectivity index (χ4v) is 2.81. The summed E-state index contributed by atoms with van der Waals surface area (Å²) in [6, 6.07) is 0. The molecular formula is C16H19NO8S2. The van der Waals surface area contributed by atoms with Gasteiger partial charge < -0.3 is 0 Å². The summed E-state index contributed by atoms with van der Waals surface area (Å²) in [7, 11) is -9.39. The van der Waals surface area contributed by atoms with E-state index in [0.29, 0.717) is 6.08 Å². The van der Waals surface area contributed by atoms with Gasteiger partial charge in [0.25, 0.3) is 20.2 Å². The van der Waals surface area contributed by atoms with Gasteiger partial charge in [0.15, 0.2) is 0 Å². The van der Waals surface area contributed by atoms with Gasteiger partial charge >= 0.3 is 0 Å². The van der Waals surface area contributed by atoms with Crippen molar-refractivity contribution in [3.8, 4) is 0 Å². The van der Waals surface area contributed by atoms with E-state index in [1.54, 1.807) is 13.0 Å². The minimum atomic E-state index is -4.84. The zero-order valence-corrected chi connectivity index (χ0v) is 16.1. The van der Waals surface area contributed by atoms with Crippen molar-refractivity contribution in [2.24, 2.45) is 0 Å². The molecule has 9 nitrogen and oxygen atoms in total. The van der Waals surface area contributed by atoms with Crippen LogP contribution in [0.3, 0.4) is 0 Å². The summed E-state index contributed by atoms with van der Waals surface area (Å²) < 4.78 is 64.1. The van der Waals surface area contributed by atoms with Gasteiger partial charge in [0, 0.05) is 13.0 Å². The molecule has 0 saturated heterocycles. The highest BCUT2D eigenvalue weighted by molar-refractivity contribution is 7.90. The molecule has 0 amide bonds. The highest BCUT2D eigenvalue weighted by atomic mass is 32.2. The van der Waals surface area contributed by atoms with Gasteiger partial charge in [-0.1, -0.05) is 43.0 Å². The van der Waals surface area contributed by atoms with Crippen LogP contribution in [0.4, 0.5) is 0 Å². The first-order valence-electron chi connectivity index (χ1n) is 7.16.